The fourth-order valence-corrected chi connectivity index (χ4v) is 8.83. The molecule has 13 heteroatoms. The monoisotopic (exact) mass is 686 g/mol. The highest BCUT2D eigenvalue weighted by molar-refractivity contribution is 7.90. The summed E-state index contributed by atoms with van der Waals surface area (Å²) in [7, 11) is -1.98. The van der Waals surface area contributed by atoms with E-state index in [0.29, 0.717) is 46.1 Å². The average molecular weight is 688 g/mol. The van der Waals surface area contributed by atoms with Crippen molar-refractivity contribution in [2.45, 2.75) is 50.2 Å². The van der Waals surface area contributed by atoms with Crippen LogP contribution in [0, 0.1) is 5.82 Å². The van der Waals surface area contributed by atoms with Crippen LogP contribution in [-0.4, -0.2) is 66.5 Å². The predicted molar refractivity (Wildman–Crippen MR) is 176 cm³/mol. The molecule has 1 aromatic heterocycles. The minimum atomic E-state index is -3.29. The standard InChI is InChI=1S/C32H29Cl2FN4O5S.CH4/c1-44-30(40)17-7-10-24-23(15-17)36-29-26-25(11-13-38(24)29)39(12-4-14-45(2,42)43)32(27(26)19-5-3-6-21(34)28(19)35)20-9-8-18(33)16-22(20)37-31(32)41;/h3,5-10,15-16,25-27H,4,11-14H2,1-2H3,(H,37,41);1H4/t25-,26+,27-,32+;/m0./s1. The molecule has 1 fully saturated rings. The number of amides is 1. The van der Waals surface area contributed by atoms with Crippen molar-refractivity contribution >= 4 is 61.6 Å². The molecule has 7 rings (SSSR count). The third-order valence-corrected chi connectivity index (χ3v) is 11.0. The number of hydrogen-bond donors (Lipinski definition) is 1. The van der Waals surface area contributed by atoms with Crippen LogP contribution in [-0.2, 0) is 31.5 Å². The van der Waals surface area contributed by atoms with Gasteiger partial charge >= 0.3 is 5.97 Å². The van der Waals surface area contributed by atoms with E-state index in [0.717, 1.165) is 5.52 Å². The molecule has 4 aromatic rings. The molecule has 4 atom stereocenters. The average Bonchev–Trinajstić information content (AvgIpc) is 3.61. The van der Waals surface area contributed by atoms with E-state index in [1.807, 2.05) is 6.07 Å². The van der Waals surface area contributed by atoms with Gasteiger partial charge in [0.15, 0.2) is 0 Å². The third-order valence-electron chi connectivity index (χ3n) is 9.44. The molecule has 0 unspecified atom stereocenters. The van der Waals surface area contributed by atoms with Crippen LogP contribution in [0.1, 0.15) is 59.4 Å². The Kier molecular flexibility index (Phi) is 8.20. The van der Waals surface area contributed by atoms with E-state index in [9.17, 15) is 18.0 Å². The minimum absolute atomic E-state index is 0. The molecule has 1 spiro atoms. The fourth-order valence-electron chi connectivity index (χ4n) is 7.82. The number of aryl methyl sites for hydroxylation is 1. The van der Waals surface area contributed by atoms with E-state index in [2.05, 4.69) is 14.8 Å². The van der Waals surface area contributed by atoms with Crippen molar-refractivity contribution in [1.82, 2.24) is 14.5 Å². The minimum Gasteiger partial charge on any atom is -0.465 e. The van der Waals surface area contributed by atoms with Crippen LogP contribution < -0.4 is 5.32 Å². The quantitative estimate of drug-likeness (QED) is 0.243. The Morgan fingerprint density at radius 1 is 1.17 bits per heavy atom. The third kappa shape index (κ3) is 4.82. The van der Waals surface area contributed by atoms with Gasteiger partial charge in [-0.1, -0.05) is 48.8 Å². The molecular formula is C33H33Cl2FN4O5S. The van der Waals surface area contributed by atoms with Gasteiger partial charge in [0.2, 0.25) is 5.91 Å². The van der Waals surface area contributed by atoms with Crippen molar-refractivity contribution in [3.63, 3.8) is 0 Å². The topological polar surface area (TPSA) is 111 Å². The predicted octanol–water partition coefficient (Wildman–Crippen LogP) is 6.14. The summed E-state index contributed by atoms with van der Waals surface area (Å²) in [5, 5.41) is 3.37. The van der Waals surface area contributed by atoms with Crippen LogP contribution in [0.3, 0.4) is 0 Å². The Bertz CT molecular complexity index is 2020. The van der Waals surface area contributed by atoms with Gasteiger partial charge < -0.3 is 14.6 Å². The number of nitrogens with one attached hydrogen (secondary N) is 1. The van der Waals surface area contributed by atoms with E-state index >= 15 is 4.39 Å². The number of ether oxygens (including phenoxy) is 1. The number of fused-ring (bicyclic) bond motifs is 7. The summed E-state index contributed by atoms with van der Waals surface area (Å²) in [5.41, 5.74) is 1.70. The number of imidazole rings is 1. The number of anilines is 1. The summed E-state index contributed by atoms with van der Waals surface area (Å²) in [6, 6.07) is 14.8. The van der Waals surface area contributed by atoms with Crippen molar-refractivity contribution in [3.8, 4) is 0 Å². The highest BCUT2D eigenvalue weighted by atomic mass is 35.5. The van der Waals surface area contributed by atoms with Gasteiger partial charge in [-0.15, -0.1) is 0 Å². The lowest BCUT2D eigenvalue weighted by Crippen LogP contribution is -2.52. The molecule has 3 aliphatic rings. The Hall–Kier alpha value is -3.51. The van der Waals surface area contributed by atoms with Crippen LogP contribution in [0.5, 0.6) is 0 Å². The zero-order chi connectivity index (χ0) is 31.8. The molecule has 1 saturated heterocycles. The lowest BCUT2D eigenvalue weighted by atomic mass is 9.70. The number of likely N-dealkylation sites (tertiary alicyclic amines) is 1. The normalized spacial score (nSPS) is 23.5. The number of rotatable bonds is 6. The number of methoxy groups -OCH3 is 1. The first-order valence-electron chi connectivity index (χ1n) is 14.5. The largest absolute Gasteiger partial charge is 0.465 e. The molecular weight excluding hydrogens is 654 g/mol. The Morgan fingerprint density at radius 3 is 2.70 bits per heavy atom. The second kappa shape index (κ2) is 11.6. The molecule has 3 aromatic carbocycles. The molecule has 46 heavy (non-hydrogen) atoms. The molecule has 0 saturated carbocycles. The van der Waals surface area contributed by atoms with E-state index in [4.69, 9.17) is 32.9 Å². The number of aromatic nitrogens is 2. The number of carbonyl (C=O) groups excluding carboxylic acids is 2. The zero-order valence-corrected chi connectivity index (χ0v) is 26.7. The van der Waals surface area contributed by atoms with Crippen LogP contribution in [0.4, 0.5) is 10.1 Å². The maximum absolute atomic E-state index is 16.3. The smallest absolute Gasteiger partial charge is 0.337 e. The summed E-state index contributed by atoms with van der Waals surface area (Å²) in [6.45, 7) is 0.804. The van der Waals surface area contributed by atoms with Crippen molar-refractivity contribution in [3.05, 3.63) is 93.0 Å². The Balaban J connectivity index is 0.00000372. The summed E-state index contributed by atoms with van der Waals surface area (Å²) in [4.78, 5) is 34.0. The van der Waals surface area contributed by atoms with E-state index < -0.39 is 39.0 Å². The highest BCUT2D eigenvalue weighted by Gasteiger charge is 2.68. The molecule has 1 amide bonds. The lowest BCUT2D eigenvalue weighted by molar-refractivity contribution is -0.127. The lowest BCUT2D eigenvalue weighted by Gasteiger charge is -2.40. The van der Waals surface area contributed by atoms with Gasteiger partial charge in [-0.25, -0.2) is 22.6 Å². The molecule has 4 heterocycles. The summed E-state index contributed by atoms with van der Waals surface area (Å²) >= 11 is 12.7. The van der Waals surface area contributed by atoms with Gasteiger partial charge in [-0.05, 0) is 54.8 Å². The summed E-state index contributed by atoms with van der Waals surface area (Å²) < 4.78 is 47.6. The van der Waals surface area contributed by atoms with Gasteiger partial charge in [0.05, 0.1) is 34.5 Å². The van der Waals surface area contributed by atoms with Gasteiger partial charge in [-0.3, -0.25) is 9.69 Å². The maximum atomic E-state index is 16.3. The first-order valence-corrected chi connectivity index (χ1v) is 17.4. The van der Waals surface area contributed by atoms with E-state index in [1.165, 1.54) is 19.4 Å². The maximum Gasteiger partial charge on any atom is 0.337 e. The van der Waals surface area contributed by atoms with E-state index in [-0.39, 0.29) is 48.7 Å². The number of esters is 1. The number of hydrogen-bond acceptors (Lipinski definition) is 7. The second-order valence-electron chi connectivity index (χ2n) is 11.9. The number of halogens is 3. The van der Waals surface area contributed by atoms with Crippen LogP contribution in [0.2, 0.25) is 10.0 Å². The summed E-state index contributed by atoms with van der Waals surface area (Å²) in [6.07, 6.45) is 2.03. The molecule has 3 aliphatic heterocycles. The Labute approximate surface area is 276 Å². The fraction of sp³-hybridized carbons (Fsp3) is 0.364. The van der Waals surface area contributed by atoms with Crippen molar-refractivity contribution in [2.24, 2.45) is 0 Å². The van der Waals surface area contributed by atoms with Crippen LogP contribution >= 0.6 is 23.2 Å². The zero-order valence-electron chi connectivity index (χ0n) is 24.4. The van der Waals surface area contributed by atoms with Gasteiger partial charge in [0.25, 0.3) is 0 Å². The first-order chi connectivity index (χ1) is 21.5. The van der Waals surface area contributed by atoms with E-state index in [1.54, 1.807) is 42.5 Å². The van der Waals surface area contributed by atoms with Crippen molar-refractivity contribution < 1.29 is 27.1 Å². The van der Waals surface area contributed by atoms with Crippen LogP contribution in [0.25, 0.3) is 11.0 Å². The van der Waals surface area contributed by atoms with Gasteiger partial charge in [0, 0.05) is 53.5 Å². The molecule has 0 radical (unpaired) electrons. The summed E-state index contributed by atoms with van der Waals surface area (Å²) in [5.74, 6) is -2.21. The molecule has 242 valence electrons. The first kappa shape index (κ1) is 32.4. The Morgan fingerprint density at radius 2 is 1.96 bits per heavy atom. The van der Waals surface area contributed by atoms with Gasteiger partial charge in [0.1, 0.15) is 27.0 Å². The highest BCUT2D eigenvalue weighted by Crippen LogP contribution is 2.64. The number of carbonyl (C=O) groups is 2. The molecule has 9 nitrogen and oxygen atoms in total. The molecule has 1 N–H and O–H groups in total. The second-order valence-corrected chi connectivity index (χ2v) is 15.0. The van der Waals surface area contributed by atoms with Gasteiger partial charge in [-0.2, -0.15) is 0 Å². The number of sulfone groups is 1. The molecule has 0 bridgehead atoms. The van der Waals surface area contributed by atoms with Crippen LogP contribution in [0.15, 0.2) is 54.6 Å². The number of benzene rings is 3. The van der Waals surface area contributed by atoms with Crippen molar-refractivity contribution in [2.75, 3.05) is 31.0 Å². The SMILES string of the molecule is C.COC(=O)c1ccc2c(c1)nc1n2CC[C@H]2[C@@H]1[C@H](c1cccc(Cl)c1F)[C@]1(C(=O)Nc3cc(Cl)ccc31)N2CCCS(C)(=O)=O. The van der Waals surface area contributed by atoms with Crippen molar-refractivity contribution in [1.29, 1.82) is 0 Å². The number of nitrogens with zero attached hydrogens (tertiary/aromatic N) is 3. The molecule has 0 aliphatic carbocycles.